The molecule has 7 aromatic rings. The van der Waals surface area contributed by atoms with Gasteiger partial charge in [-0.2, -0.15) is 0 Å². The fourth-order valence-corrected chi connectivity index (χ4v) is 9.57. The van der Waals surface area contributed by atoms with Crippen LogP contribution in [0.1, 0.15) is 131 Å². The Bertz CT molecular complexity index is 3250. The average molecular weight is 1150 g/mol. The molecule has 0 fully saturated rings. The molecule has 0 aliphatic heterocycles. The Balaban J connectivity index is 0.919. The van der Waals surface area contributed by atoms with E-state index in [4.69, 9.17) is 52.6 Å². The summed E-state index contributed by atoms with van der Waals surface area (Å²) < 4.78 is 51.0. The van der Waals surface area contributed by atoms with E-state index in [2.05, 4.69) is 19.7 Å². The van der Waals surface area contributed by atoms with Gasteiger partial charge in [-0.1, -0.05) is 122 Å². The molecule has 84 heavy (non-hydrogen) atoms. The number of nitrogens with zero attached hydrogens (tertiary/aromatic N) is 2. The summed E-state index contributed by atoms with van der Waals surface area (Å²) in [6, 6.07) is 32.1. The smallest absolute Gasteiger partial charge is 0.343 e. The molecule has 1 heterocycles. The van der Waals surface area contributed by atoms with Crippen LogP contribution in [0, 0.1) is 0 Å². The molecule has 0 aliphatic carbocycles. The van der Waals surface area contributed by atoms with Crippen LogP contribution >= 0.6 is 0 Å². The summed E-state index contributed by atoms with van der Waals surface area (Å²) in [7, 11) is 0. The van der Waals surface area contributed by atoms with Crippen molar-refractivity contribution >= 4 is 67.5 Å². The highest BCUT2D eigenvalue weighted by Crippen LogP contribution is 2.38. The highest BCUT2D eigenvalue weighted by atomic mass is 16.6. The molecule has 0 amide bonds. The van der Waals surface area contributed by atoms with E-state index >= 15 is 0 Å². The van der Waals surface area contributed by atoms with E-state index in [9.17, 15) is 19.2 Å². The van der Waals surface area contributed by atoms with Crippen LogP contribution in [-0.4, -0.2) is 86.7 Å². The molecule has 6 aromatic carbocycles. The Morgan fingerprint density at radius 3 is 1.31 bits per heavy atom. The molecule has 0 bridgehead atoms. The maximum absolute atomic E-state index is 13.7. The lowest BCUT2D eigenvalue weighted by molar-refractivity contribution is -0.139. The minimum atomic E-state index is -0.499. The number of carbonyl (C=O) groups is 4. The van der Waals surface area contributed by atoms with Gasteiger partial charge in [0, 0.05) is 35.1 Å². The van der Waals surface area contributed by atoms with Gasteiger partial charge in [0.15, 0.2) is 0 Å². The molecule has 0 saturated carbocycles. The summed E-state index contributed by atoms with van der Waals surface area (Å²) in [6.07, 6.45) is 23.4. The zero-order chi connectivity index (χ0) is 59.0. The van der Waals surface area contributed by atoms with E-state index in [1.165, 1.54) is 57.1 Å². The van der Waals surface area contributed by atoms with Crippen molar-refractivity contribution in [2.75, 3.05) is 52.9 Å². The molecule has 0 N–H and O–H groups in total. The lowest BCUT2D eigenvalue weighted by Crippen LogP contribution is -2.12. The quantitative estimate of drug-likeness (QED) is 0.00672. The number of hydrogen-bond donors (Lipinski definition) is 0. The van der Waals surface area contributed by atoms with Gasteiger partial charge in [0.25, 0.3) is 0 Å². The average Bonchev–Trinajstić information content (AvgIpc) is 1.46. The van der Waals surface area contributed by atoms with Crippen LogP contribution in [0.15, 0.2) is 141 Å². The second-order valence-corrected chi connectivity index (χ2v) is 20.5. The lowest BCUT2D eigenvalue weighted by Gasteiger charge is -2.14. The first-order valence-electron chi connectivity index (χ1n) is 29.7. The van der Waals surface area contributed by atoms with Crippen molar-refractivity contribution in [2.45, 2.75) is 122 Å². The molecule has 15 heteroatoms. The second kappa shape index (κ2) is 35.6. The topological polar surface area (TPSA) is 177 Å². The molecule has 1 aromatic heterocycles. The van der Waals surface area contributed by atoms with Gasteiger partial charge in [-0.25, -0.2) is 29.1 Å². The molecule has 0 radical (unpaired) electrons. The SMILES string of the molecule is C=CC(=O)OCCCCCCCCCCCOc1ccc(OCc2ccc(C(=O)Oc3ccc4c5ccc(OCCCCCCCCCCCOC(=O)C=C)cc5c5nc6cc(OCCOCCOC(=O)C=C)ccc6nc5c4c3)cc2)cc1. The fraction of sp³-hybridized carbons (Fsp3) is 0.391. The second-order valence-electron chi connectivity index (χ2n) is 20.5. The molecule has 0 unspecified atom stereocenters. The fourth-order valence-electron chi connectivity index (χ4n) is 9.57. The molecule has 15 nitrogen and oxygen atoms in total. The zero-order valence-corrected chi connectivity index (χ0v) is 48.5. The Hall–Kier alpha value is -8.30. The summed E-state index contributed by atoms with van der Waals surface area (Å²) in [5.74, 6) is 1.50. The van der Waals surface area contributed by atoms with Crippen LogP contribution in [0.3, 0.4) is 0 Å². The normalized spacial score (nSPS) is 11.1. The minimum absolute atomic E-state index is 0.122. The summed E-state index contributed by atoms with van der Waals surface area (Å²) in [4.78, 5) is 57.7. The first kappa shape index (κ1) is 63.3. The number of benzene rings is 6. The van der Waals surface area contributed by atoms with Crippen molar-refractivity contribution in [3.05, 3.63) is 152 Å². The van der Waals surface area contributed by atoms with E-state index in [1.807, 2.05) is 84.9 Å². The monoisotopic (exact) mass is 1140 g/mol. The standard InChI is InChI=1S/C69H80N2O13/c1-4-64(72)80-41-23-19-15-11-7-9-13-17-21-39-77-53-29-31-54(32-30-53)83-50-51-25-27-52(28-26-51)69(75)84-57-34-37-59-58-36-33-55(78-40-22-18-14-10-8-12-16-20-24-42-81-65(73)5-2)47-60(58)68-67(61(59)48-57)70-62-38-35-56(49-63(62)71-68)79-45-43-76-44-46-82-66(74)6-3/h4-6,25-38,47-49H,1-3,7-24,39-46,50H2. The predicted octanol–water partition coefficient (Wildman–Crippen LogP) is 15.2. The predicted molar refractivity (Wildman–Crippen MR) is 328 cm³/mol. The van der Waals surface area contributed by atoms with Crippen LogP contribution in [0.5, 0.6) is 28.7 Å². The van der Waals surface area contributed by atoms with Crippen LogP contribution in [0.4, 0.5) is 0 Å². The number of aromatic nitrogens is 2. The maximum Gasteiger partial charge on any atom is 0.343 e. The Kier molecular flexibility index (Phi) is 26.8. The van der Waals surface area contributed by atoms with E-state index in [-0.39, 0.29) is 31.8 Å². The first-order chi connectivity index (χ1) is 41.2. The largest absolute Gasteiger partial charge is 0.494 e. The third kappa shape index (κ3) is 21.2. The van der Waals surface area contributed by atoms with Crippen molar-refractivity contribution in [1.82, 2.24) is 9.97 Å². The summed E-state index contributed by atoms with van der Waals surface area (Å²) in [6.45, 7) is 13.6. The van der Waals surface area contributed by atoms with Crippen LogP contribution < -0.4 is 23.7 Å². The highest BCUT2D eigenvalue weighted by Gasteiger charge is 2.17. The van der Waals surface area contributed by atoms with E-state index in [1.54, 1.807) is 18.2 Å². The van der Waals surface area contributed by atoms with E-state index < -0.39 is 11.9 Å². The molecule has 444 valence electrons. The molecular formula is C69H80N2O13. The molecule has 0 atom stereocenters. The van der Waals surface area contributed by atoms with Gasteiger partial charge in [0.2, 0.25) is 0 Å². The molecule has 0 spiro atoms. The van der Waals surface area contributed by atoms with E-state index in [0.29, 0.717) is 84.5 Å². The number of esters is 4. The number of carbonyl (C=O) groups excluding carboxylic acids is 4. The highest BCUT2D eigenvalue weighted by molar-refractivity contribution is 6.24. The van der Waals surface area contributed by atoms with Crippen LogP contribution in [0.2, 0.25) is 0 Å². The number of rotatable bonds is 41. The minimum Gasteiger partial charge on any atom is -0.494 e. The zero-order valence-electron chi connectivity index (χ0n) is 48.5. The van der Waals surface area contributed by atoms with Crippen molar-refractivity contribution in [1.29, 1.82) is 0 Å². The van der Waals surface area contributed by atoms with Gasteiger partial charge < -0.3 is 42.6 Å². The van der Waals surface area contributed by atoms with Crippen LogP contribution in [-0.2, 0) is 39.9 Å². The molecule has 0 aliphatic rings. The maximum atomic E-state index is 13.7. The summed E-state index contributed by atoms with van der Waals surface area (Å²) >= 11 is 0. The van der Waals surface area contributed by atoms with Gasteiger partial charge >= 0.3 is 23.9 Å². The third-order valence-electron chi connectivity index (χ3n) is 14.1. The number of fused-ring (bicyclic) bond motifs is 7. The van der Waals surface area contributed by atoms with Gasteiger partial charge in [-0.15, -0.1) is 0 Å². The number of hydrogen-bond acceptors (Lipinski definition) is 15. The Labute approximate surface area is 493 Å². The summed E-state index contributed by atoms with van der Waals surface area (Å²) in [5, 5.41) is 3.51. The van der Waals surface area contributed by atoms with Gasteiger partial charge in [0.1, 0.15) is 48.6 Å². The Morgan fingerprint density at radius 2 is 0.762 bits per heavy atom. The van der Waals surface area contributed by atoms with Gasteiger partial charge in [-0.05, 0) is 127 Å². The van der Waals surface area contributed by atoms with Gasteiger partial charge in [0.05, 0.1) is 67.3 Å². The summed E-state index contributed by atoms with van der Waals surface area (Å²) in [5.41, 5.74) is 3.89. The van der Waals surface area contributed by atoms with Crippen LogP contribution in [0.25, 0.3) is 43.6 Å². The molecule has 0 saturated heterocycles. The van der Waals surface area contributed by atoms with Gasteiger partial charge in [-0.3, -0.25) is 0 Å². The lowest BCUT2D eigenvalue weighted by atomic mass is 9.98. The first-order valence-corrected chi connectivity index (χ1v) is 29.7. The van der Waals surface area contributed by atoms with Crippen molar-refractivity contribution in [3.8, 4) is 28.7 Å². The van der Waals surface area contributed by atoms with Crippen molar-refractivity contribution < 1.29 is 61.8 Å². The molecular weight excluding hydrogens is 1060 g/mol. The van der Waals surface area contributed by atoms with E-state index in [0.717, 1.165) is 115 Å². The van der Waals surface area contributed by atoms with Crippen molar-refractivity contribution in [3.63, 3.8) is 0 Å². The van der Waals surface area contributed by atoms with Crippen molar-refractivity contribution in [2.24, 2.45) is 0 Å². The Morgan fingerprint density at radius 1 is 0.357 bits per heavy atom. The third-order valence-corrected chi connectivity index (χ3v) is 14.1. The number of unbranched alkanes of at least 4 members (excludes halogenated alkanes) is 16. The molecule has 7 rings (SSSR count). The number of ether oxygens (including phenoxy) is 9.